The maximum Gasteiger partial charge on any atom is 0.225 e. The molecule has 0 unspecified atom stereocenters. The fourth-order valence-corrected chi connectivity index (χ4v) is 4.52. The molecule has 0 spiro atoms. The number of furan rings is 1. The number of rotatable bonds is 5. The molecule has 2 fully saturated rings. The molecule has 0 N–H and O–H groups in total. The summed E-state index contributed by atoms with van der Waals surface area (Å²) in [6, 6.07) is 5.97. The predicted octanol–water partition coefficient (Wildman–Crippen LogP) is 3.16. The van der Waals surface area contributed by atoms with Gasteiger partial charge in [-0.15, -0.1) is 0 Å². The first kappa shape index (κ1) is 20.2. The van der Waals surface area contributed by atoms with Gasteiger partial charge in [0, 0.05) is 44.4 Å². The molecular weight excluding hydrogens is 392 g/mol. The fourth-order valence-electron chi connectivity index (χ4n) is 4.52. The number of aromatic nitrogens is 3. The molecule has 5 heterocycles. The Morgan fingerprint density at radius 2 is 1.90 bits per heavy atom. The van der Waals surface area contributed by atoms with E-state index in [1.54, 1.807) is 6.26 Å². The molecule has 0 atom stereocenters. The quantitative estimate of drug-likeness (QED) is 0.621. The van der Waals surface area contributed by atoms with Crippen molar-refractivity contribution >= 4 is 5.95 Å². The summed E-state index contributed by atoms with van der Waals surface area (Å²) in [6.07, 6.45) is 5.79. The van der Waals surface area contributed by atoms with Crippen molar-refractivity contribution in [2.75, 3.05) is 51.2 Å². The van der Waals surface area contributed by atoms with Crippen molar-refractivity contribution in [2.24, 2.45) is 0 Å². The average Bonchev–Trinajstić information content (AvgIpc) is 3.46. The number of hydrogen-bond donors (Lipinski definition) is 0. The maximum atomic E-state index is 5.60. The summed E-state index contributed by atoms with van der Waals surface area (Å²) >= 11 is 0. The zero-order valence-electron chi connectivity index (χ0n) is 18.3. The lowest BCUT2D eigenvalue weighted by Crippen LogP contribution is -2.45. The zero-order valence-corrected chi connectivity index (χ0v) is 18.3. The Balaban J connectivity index is 1.38. The van der Waals surface area contributed by atoms with E-state index in [2.05, 4.69) is 26.9 Å². The van der Waals surface area contributed by atoms with E-state index in [9.17, 15) is 0 Å². The molecule has 2 aliphatic rings. The van der Waals surface area contributed by atoms with E-state index in [1.807, 2.05) is 31.3 Å². The van der Waals surface area contributed by atoms with E-state index in [1.165, 1.54) is 0 Å². The predicted molar refractivity (Wildman–Crippen MR) is 118 cm³/mol. The minimum atomic E-state index is 0.377. The Morgan fingerprint density at radius 3 is 2.58 bits per heavy atom. The Kier molecular flexibility index (Phi) is 5.74. The van der Waals surface area contributed by atoms with E-state index < -0.39 is 0 Å². The Hall–Kier alpha value is -2.71. The largest absolute Gasteiger partial charge is 0.468 e. The number of likely N-dealkylation sites (N-methyl/N-ethyl adjacent to an activating group) is 1. The van der Waals surface area contributed by atoms with Gasteiger partial charge in [0.1, 0.15) is 5.76 Å². The second-order valence-electron chi connectivity index (χ2n) is 8.72. The van der Waals surface area contributed by atoms with Crippen LogP contribution in [0.15, 0.2) is 39.6 Å². The van der Waals surface area contributed by atoms with Crippen molar-refractivity contribution < 1.29 is 8.94 Å². The summed E-state index contributed by atoms with van der Waals surface area (Å²) < 4.78 is 11.1. The van der Waals surface area contributed by atoms with Gasteiger partial charge >= 0.3 is 0 Å². The topological polar surface area (TPSA) is 74.7 Å². The lowest BCUT2D eigenvalue weighted by Gasteiger charge is -2.34. The summed E-state index contributed by atoms with van der Waals surface area (Å²) in [6.45, 7) is 8.84. The van der Waals surface area contributed by atoms with Gasteiger partial charge in [0.25, 0.3) is 0 Å². The van der Waals surface area contributed by atoms with Crippen LogP contribution in [-0.4, -0.2) is 71.2 Å². The van der Waals surface area contributed by atoms with Gasteiger partial charge < -0.3 is 18.7 Å². The molecule has 3 aromatic rings. The van der Waals surface area contributed by atoms with Crippen LogP contribution in [0, 0.1) is 6.92 Å². The van der Waals surface area contributed by atoms with Gasteiger partial charge in [0.05, 0.1) is 29.8 Å². The summed E-state index contributed by atoms with van der Waals surface area (Å²) in [5.74, 6) is 3.00. The third kappa shape index (κ3) is 4.50. The van der Waals surface area contributed by atoms with E-state index >= 15 is 0 Å². The maximum absolute atomic E-state index is 5.60. The molecule has 8 heteroatoms. The number of likely N-dealkylation sites (tertiary alicyclic amines) is 1. The first-order valence-electron chi connectivity index (χ1n) is 11.1. The van der Waals surface area contributed by atoms with Gasteiger partial charge in [0.15, 0.2) is 5.76 Å². The molecule has 0 bridgehead atoms. The van der Waals surface area contributed by atoms with Crippen LogP contribution in [0.5, 0.6) is 0 Å². The van der Waals surface area contributed by atoms with E-state index in [0.29, 0.717) is 5.92 Å². The standard InChI is InChI=1S/C23H30N6O2/c1-17-14-21(31-26-17)20-15-24-23(29-11-9-27(2)10-12-29)25-22(20)18-5-7-28(8-6-18)16-19-4-3-13-30-19/h3-4,13-15,18H,5-12,16H2,1-2H3. The van der Waals surface area contributed by atoms with Crippen molar-refractivity contribution in [3.63, 3.8) is 0 Å². The van der Waals surface area contributed by atoms with Crippen LogP contribution in [0.25, 0.3) is 11.3 Å². The Labute approximate surface area is 182 Å². The SMILES string of the molecule is Cc1cc(-c2cnc(N3CCN(C)CC3)nc2C2CCN(Cc3ccco3)CC2)on1. The fraction of sp³-hybridized carbons (Fsp3) is 0.522. The summed E-state index contributed by atoms with van der Waals surface area (Å²) in [7, 11) is 2.16. The first-order chi connectivity index (χ1) is 15.2. The van der Waals surface area contributed by atoms with Crippen LogP contribution in [-0.2, 0) is 6.54 Å². The number of aryl methyl sites for hydroxylation is 1. The Morgan fingerprint density at radius 1 is 1.10 bits per heavy atom. The highest BCUT2D eigenvalue weighted by Crippen LogP contribution is 2.35. The zero-order chi connectivity index (χ0) is 21.2. The Bertz CT molecular complexity index is 985. The number of piperidine rings is 1. The van der Waals surface area contributed by atoms with Crippen LogP contribution in [0.4, 0.5) is 5.95 Å². The van der Waals surface area contributed by atoms with Gasteiger partial charge in [-0.3, -0.25) is 4.90 Å². The molecule has 0 saturated carbocycles. The summed E-state index contributed by atoms with van der Waals surface area (Å²) in [5, 5.41) is 4.09. The highest BCUT2D eigenvalue weighted by molar-refractivity contribution is 5.61. The lowest BCUT2D eigenvalue weighted by molar-refractivity contribution is 0.190. The molecule has 0 aliphatic carbocycles. The number of nitrogens with zero attached hydrogens (tertiary/aromatic N) is 6. The molecule has 164 valence electrons. The molecule has 3 aromatic heterocycles. The normalized spacial score (nSPS) is 19.2. The minimum Gasteiger partial charge on any atom is -0.468 e. The molecule has 5 rings (SSSR count). The number of anilines is 1. The molecule has 8 nitrogen and oxygen atoms in total. The lowest BCUT2D eigenvalue weighted by atomic mass is 9.90. The molecular formula is C23H30N6O2. The molecule has 0 aromatic carbocycles. The van der Waals surface area contributed by atoms with Crippen LogP contribution in [0.1, 0.15) is 35.9 Å². The molecule has 0 radical (unpaired) electrons. The van der Waals surface area contributed by atoms with Gasteiger partial charge in [0.2, 0.25) is 5.95 Å². The second kappa shape index (κ2) is 8.80. The number of piperazine rings is 1. The van der Waals surface area contributed by atoms with Gasteiger partial charge in [-0.05, 0) is 52.0 Å². The monoisotopic (exact) mass is 422 g/mol. The van der Waals surface area contributed by atoms with Gasteiger partial charge in [-0.2, -0.15) is 0 Å². The van der Waals surface area contributed by atoms with E-state index in [-0.39, 0.29) is 0 Å². The molecule has 2 saturated heterocycles. The van der Waals surface area contributed by atoms with Crippen molar-refractivity contribution in [1.29, 1.82) is 0 Å². The van der Waals surface area contributed by atoms with Crippen LogP contribution < -0.4 is 4.90 Å². The van der Waals surface area contributed by atoms with Crippen molar-refractivity contribution in [1.82, 2.24) is 24.9 Å². The highest BCUT2D eigenvalue weighted by Gasteiger charge is 2.28. The molecule has 31 heavy (non-hydrogen) atoms. The third-order valence-corrected chi connectivity index (χ3v) is 6.42. The van der Waals surface area contributed by atoms with Gasteiger partial charge in [-0.25, -0.2) is 9.97 Å². The summed E-state index contributed by atoms with van der Waals surface area (Å²) in [5.41, 5.74) is 2.94. The van der Waals surface area contributed by atoms with Crippen molar-refractivity contribution in [3.8, 4) is 11.3 Å². The van der Waals surface area contributed by atoms with E-state index in [0.717, 1.165) is 93.1 Å². The second-order valence-corrected chi connectivity index (χ2v) is 8.72. The molecule has 0 amide bonds. The first-order valence-corrected chi connectivity index (χ1v) is 11.1. The van der Waals surface area contributed by atoms with Crippen LogP contribution >= 0.6 is 0 Å². The highest BCUT2D eigenvalue weighted by atomic mass is 16.5. The van der Waals surface area contributed by atoms with Crippen LogP contribution in [0.3, 0.4) is 0 Å². The average molecular weight is 423 g/mol. The summed E-state index contributed by atoms with van der Waals surface area (Å²) in [4.78, 5) is 16.9. The minimum absolute atomic E-state index is 0.377. The van der Waals surface area contributed by atoms with Crippen molar-refractivity contribution in [2.45, 2.75) is 32.2 Å². The third-order valence-electron chi connectivity index (χ3n) is 6.42. The van der Waals surface area contributed by atoms with Crippen molar-refractivity contribution in [3.05, 3.63) is 47.8 Å². The number of hydrogen-bond acceptors (Lipinski definition) is 8. The van der Waals surface area contributed by atoms with E-state index in [4.69, 9.17) is 18.9 Å². The van der Waals surface area contributed by atoms with Gasteiger partial charge in [-0.1, -0.05) is 5.16 Å². The smallest absolute Gasteiger partial charge is 0.225 e. The molecule has 2 aliphatic heterocycles. The van der Waals surface area contributed by atoms with Crippen LogP contribution in [0.2, 0.25) is 0 Å².